The normalized spacial score (nSPS) is 21.7. The first-order chi connectivity index (χ1) is 5.61. The van der Waals surface area contributed by atoms with Crippen LogP contribution in [0.1, 0.15) is 0 Å². The highest BCUT2D eigenvalue weighted by atomic mass is 16.4. The Morgan fingerprint density at radius 2 is 2.17 bits per heavy atom. The van der Waals surface area contributed by atoms with Gasteiger partial charge >= 0.3 is 12.1 Å². The molecule has 0 aromatic rings. The third-order valence-corrected chi connectivity index (χ3v) is 1.47. The van der Waals surface area contributed by atoms with Crippen LogP contribution in [0.15, 0.2) is 12.4 Å². The molecule has 0 saturated heterocycles. The van der Waals surface area contributed by atoms with Crippen molar-refractivity contribution in [3.8, 4) is 0 Å². The number of nitrogens with zero attached hydrogens (tertiary/aromatic N) is 1. The van der Waals surface area contributed by atoms with E-state index in [0.29, 0.717) is 0 Å². The molecule has 0 fully saturated rings. The van der Waals surface area contributed by atoms with Gasteiger partial charge in [0.1, 0.15) is 6.04 Å². The summed E-state index contributed by atoms with van der Waals surface area (Å²) in [6, 6.07) is -0.855. The fourth-order valence-electron chi connectivity index (χ4n) is 0.851. The van der Waals surface area contributed by atoms with Crippen LogP contribution in [0.25, 0.3) is 0 Å². The monoisotopic (exact) mass is 172 g/mol. The van der Waals surface area contributed by atoms with Crippen LogP contribution in [0, 0.1) is 0 Å². The van der Waals surface area contributed by atoms with Crippen LogP contribution in [0.5, 0.6) is 0 Å². The van der Waals surface area contributed by atoms with Gasteiger partial charge in [-0.25, -0.2) is 9.59 Å². The lowest BCUT2D eigenvalue weighted by Crippen LogP contribution is -2.47. The molecular formula is C6H8N2O4. The van der Waals surface area contributed by atoms with Gasteiger partial charge < -0.3 is 15.5 Å². The fraction of sp³-hybridized carbons (Fsp3) is 0.333. The molecule has 3 N–H and O–H groups in total. The van der Waals surface area contributed by atoms with Gasteiger partial charge in [0.25, 0.3) is 0 Å². The van der Waals surface area contributed by atoms with Gasteiger partial charge in [-0.1, -0.05) is 0 Å². The molecule has 66 valence electrons. The van der Waals surface area contributed by atoms with E-state index in [9.17, 15) is 9.59 Å². The van der Waals surface area contributed by atoms with Crippen molar-refractivity contribution in [2.45, 2.75) is 6.04 Å². The molecule has 0 aliphatic carbocycles. The Bertz CT molecular complexity index is 238. The van der Waals surface area contributed by atoms with Crippen molar-refractivity contribution in [3.05, 3.63) is 12.4 Å². The number of amides is 1. The van der Waals surface area contributed by atoms with E-state index in [1.807, 2.05) is 0 Å². The van der Waals surface area contributed by atoms with Gasteiger partial charge in [-0.3, -0.25) is 4.90 Å². The van der Waals surface area contributed by atoms with E-state index < -0.39 is 18.1 Å². The summed E-state index contributed by atoms with van der Waals surface area (Å²) in [5.74, 6) is -1.06. The van der Waals surface area contributed by atoms with Crippen molar-refractivity contribution in [2.75, 3.05) is 6.54 Å². The fourth-order valence-corrected chi connectivity index (χ4v) is 0.851. The molecule has 6 heteroatoms. The molecule has 0 bridgehead atoms. The summed E-state index contributed by atoms with van der Waals surface area (Å²) in [6.07, 6.45) is 1.43. The van der Waals surface area contributed by atoms with Crippen molar-refractivity contribution in [1.82, 2.24) is 10.2 Å². The number of carboxylic acid groups (broad SMARTS) is 2. The van der Waals surface area contributed by atoms with E-state index in [1.165, 1.54) is 12.4 Å². The zero-order valence-corrected chi connectivity index (χ0v) is 6.10. The van der Waals surface area contributed by atoms with Gasteiger partial charge in [0.2, 0.25) is 0 Å². The van der Waals surface area contributed by atoms with Crippen molar-refractivity contribution in [2.24, 2.45) is 0 Å². The van der Waals surface area contributed by atoms with Crippen molar-refractivity contribution >= 4 is 12.1 Å². The molecule has 1 unspecified atom stereocenters. The third-order valence-electron chi connectivity index (χ3n) is 1.47. The SMILES string of the molecule is O=C(O)C1CN(C(=O)O)C=CN1. The van der Waals surface area contributed by atoms with E-state index in [0.717, 1.165) is 4.90 Å². The number of carbonyl (C=O) groups is 2. The minimum absolute atomic E-state index is 0.0683. The summed E-state index contributed by atoms with van der Waals surface area (Å²) >= 11 is 0. The summed E-state index contributed by atoms with van der Waals surface area (Å²) in [5.41, 5.74) is 0. The summed E-state index contributed by atoms with van der Waals surface area (Å²) in [4.78, 5) is 21.7. The predicted octanol–water partition coefficient (Wildman–Crippen LogP) is -0.506. The maximum absolute atomic E-state index is 10.4. The van der Waals surface area contributed by atoms with E-state index in [-0.39, 0.29) is 6.54 Å². The maximum Gasteiger partial charge on any atom is 0.411 e. The average molecular weight is 172 g/mol. The van der Waals surface area contributed by atoms with Gasteiger partial charge in [0.05, 0.1) is 6.54 Å². The van der Waals surface area contributed by atoms with Crippen LogP contribution in [0.3, 0.4) is 0 Å². The Labute approximate surface area is 68.1 Å². The van der Waals surface area contributed by atoms with Gasteiger partial charge in [0.15, 0.2) is 0 Å². The molecule has 1 aliphatic heterocycles. The van der Waals surface area contributed by atoms with Crippen LogP contribution < -0.4 is 5.32 Å². The van der Waals surface area contributed by atoms with E-state index in [4.69, 9.17) is 10.2 Å². The molecule has 0 aromatic carbocycles. The second kappa shape index (κ2) is 3.12. The summed E-state index contributed by atoms with van der Waals surface area (Å²) < 4.78 is 0. The summed E-state index contributed by atoms with van der Waals surface area (Å²) in [6.45, 7) is -0.0683. The third kappa shape index (κ3) is 1.66. The molecule has 1 aliphatic rings. The molecule has 1 rings (SSSR count). The molecule has 0 aromatic heterocycles. The molecule has 1 amide bonds. The van der Waals surface area contributed by atoms with Gasteiger partial charge in [-0.2, -0.15) is 0 Å². The zero-order chi connectivity index (χ0) is 9.14. The first-order valence-electron chi connectivity index (χ1n) is 3.26. The minimum Gasteiger partial charge on any atom is -0.480 e. The number of hydrogen-bond donors (Lipinski definition) is 3. The molecule has 12 heavy (non-hydrogen) atoms. The quantitative estimate of drug-likeness (QED) is 0.495. The predicted molar refractivity (Wildman–Crippen MR) is 38.4 cm³/mol. The molecule has 1 heterocycles. The van der Waals surface area contributed by atoms with Crippen molar-refractivity contribution in [3.63, 3.8) is 0 Å². The zero-order valence-electron chi connectivity index (χ0n) is 6.10. The van der Waals surface area contributed by atoms with Crippen LogP contribution in [-0.4, -0.2) is 39.8 Å². The number of aliphatic carboxylic acids is 1. The Balaban J connectivity index is 2.63. The smallest absolute Gasteiger partial charge is 0.411 e. The molecular weight excluding hydrogens is 164 g/mol. The lowest BCUT2D eigenvalue weighted by atomic mass is 10.2. The molecule has 0 spiro atoms. The van der Waals surface area contributed by atoms with Crippen LogP contribution in [0.2, 0.25) is 0 Å². The number of nitrogens with one attached hydrogen (secondary N) is 1. The first-order valence-corrected chi connectivity index (χ1v) is 3.26. The Morgan fingerprint density at radius 1 is 1.50 bits per heavy atom. The Kier molecular flexibility index (Phi) is 2.18. The van der Waals surface area contributed by atoms with Gasteiger partial charge in [-0.05, 0) is 0 Å². The maximum atomic E-state index is 10.4. The first kappa shape index (κ1) is 8.38. The lowest BCUT2D eigenvalue weighted by molar-refractivity contribution is -0.139. The highest BCUT2D eigenvalue weighted by Gasteiger charge is 2.24. The highest BCUT2D eigenvalue weighted by Crippen LogP contribution is 2.00. The van der Waals surface area contributed by atoms with Crippen molar-refractivity contribution in [1.29, 1.82) is 0 Å². The van der Waals surface area contributed by atoms with Crippen molar-refractivity contribution < 1.29 is 19.8 Å². The second-order valence-electron chi connectivity index (χ2n) is 2.31. The largest absolute Gasteiger partial charge is 0.480 e. The number of carboxylic acids is 1. The van der Waals surface area contributed by atoms with Crippen LogP contribution in [-0.2, 0) is 4.79 Å². The number of rotatable bonds is 1. The summed E-state index contributed by atoms with van der Waals surface area (Å²) in [7, 11) is 0. The molecule has 0 saturated carbocycles. The Hall–Kier alpha value is -1.72. The van der Waals surface area contributed by atoms with Crippen LogP contribution >= 0.6 is 0 Å². The average Bonchev–Trinajstić information content (AvgIpc) is 2.04. The lowest BCUT2D eigenvalue weighted by Gasteiger charge is -2.24. The van der Waals surface area contributed by atoms with E-state index >= 15 is 0 Å². The molecule has 0 radical (unpaired) electrons. The molecule has 6 nitrogen and oxygen atoms in total. The Morgan fingerprint density at radius 3 is 2.67 bits per heavy atom. The minimum atomic E-state index is -1.15. The van der Waals surface area contributed by atoms with E-state index in [1.54, 1.807) is 0 Å². The molecule has 1 atom stereocenters. The standard InChI is InChI=1S/C6H8N2O4/c9-5(10)4-3-8(6(11)12)2-1-7-4/h1-2,4,7H,3H2,(H,9,10)(H,11,12). The van der Waals surface area contributed by atoms with Gasteiger partial charge in [-0.15, -0.1) is 0 Å². The second-order valence-corrected chi connectivity index (χ2v) is 2.31. The van der Waals surface area contributed by atoms with E-state index in [2.05, 4.69) is 5.32 Å². The van der Waals surface area contributed by atoms with Crippen LogP contribution in [0.4, 0.5) is 4.79 Å². The highest BCUT2D eigenvalue weighted by molar-refractivity contribution is 5.76. The topological polar surface area (TPSA) is 89.9 Å². The van der Waals surface area contributed by atoms with Gasteiger partial charge in [0, 0.05) is 12.4 Å². The summed E-state index contributed by atoms with van der Waals surface area (Å²) in [5, 5.41) is 19.5. The number of hydrogen-bond acceptors (Lipinski definition) is 3.